The zero-order chi connectivity index (χ0) is 9.84. The van der Waals surface area contributed by atoms with Crippen molar-refractivity contribution in [3.8, 4) is 0 Å². The molecule has 1 fully saturated rings. The highest BCUT2D eigenvalue weighted by atomic mass is 16.5. The van der Waals surface area contributed by atoms with Gasteiger partial charge in [-0.2, -0.15) is 0 Å². The monoisotopic (exact) mass is 186 g/mol. The van der Waals surface area contributed by atoms with Crippen molar-refractivity contribution in [2.45, 2.75) is 39.4 Å². The highest BCUT2D eigenvalue weighted by Crippen LogP contribution is 2.23. The van der Waals surface area contributed by atoms with Gasteiger partial charge in [-0.3, -0.25) is 4.79 Å². The molecule has 0 radical (unpaired) electrons. The van der Waals surface area contributed by atoms with Gasteiger partial charge in [0, 0.05) is 19.6 Å². The van der Waals surface area contributed by atoms with Gasteiger partial charge >= 0.3 is 0 Å². The molecule has 1 rings (SSSR count). The van der Waals surface area contributed by atoms with Gasteiger partial charge in [-0.15, -0.1) is 0 Å². The highest BCUT2D eigenvalue weighted by Gasteiger charge is 2.41. The SMILES string of the molecule is CCOC1C(=O)CC1OCC(C)C. The Morgan fingerprint density at radius 1 is 1.46 bits per heavy atom. The second-order valence-corrected chi connectivity index (χ2v) is 3.81. The summed E-state index contributed by atoms with van der Waals surface area (Å²) in [5.41, 5.74) is 0. The topological polar surface area (TPSA) is 35.5 Å². The van der Waals surface area contributed by atoms with Crippen molar-refractivity contribution in [2.75, 3.05) is 13.2 Å². The number of Topliss-reactive ketones (excluding diaryl/α,β-unsaturated/α-hetero) is 1. The van der Waals surface area contributed by atoms with E-state index in [0.29, 0.717) is 25.6 Å². The first kappa shape index (κ1) is 10.7. The molecule has 1 aliphatic carbocycles. The smallest absolute Gasteiger partial charge is 0.166 e. The standard InChI is InChI=1S/C10H18O3/c1-4-12-10-8(11)5-9(10)13-6-7(2)3/h7,9-10H,4-6H2,1-3H3. The molecule has 0 aliphatic heterocycles. The molecule has 1 aliphatic rings. The van der Waals surface area contributed by atoms with Crippen LogP contribution in [0.4, 0.5) is 0 Å². The maximum Gasteiger partial charge on any atom is 0.166 e. The summed E-state index contributed by atoms with van der Waals surface area (Å²) in [6.07, 6.45) is 0.246. The Labute approximate surface area is 79.4 Å². The summed E-state index contributed by atoms with van der Waals surface area (Å²) in [6.45, 7) is 7.37. The van der Waals surface area contributed by atoms with Gasteiger partial charge in [0.05, 0.1) is 6.10 Å². The van der Waals surface area contributed by atoms with Crippen LogP contribution in [0.1, 0.15) is 27.2 Å². The first-order valence-electron chi connectivity index (χ1n) is 4.91. The van der Waals surface area contributed by atoms with Crippen molar-refractivity contribution in [1.82, 2.24) is 0 Å². The van der Waals surface area contributed by atoms with Crippen molar-refractivity contribution < 1.29 is 14.3 Å². The minimum atomic E-state index is -0.288. The second kappa shape index (κ2) is 4.72. The molecule has 0 spiro atoms. The minimum Gasteiger partial charge on any atom is -0.374 e. The van der Waals surface area contributed by atoms with E-state index in [-0.39, 0.29) is 18.0 Å². The molecule has 0 heterocycles. The summed E-state index contributed by atoms with van der Waals surface area (Å²) < 4.78 is 10.8. The zero-order valence-corrected chi connectivity index (χ0v) is 8.58. The molecule has 0 N–H and O–H groups in total. The number of carbonyl (C=O) groups is 1. The normalized spacial score (nSPS) is 27.8. The largest absolute Gasteiger partial charge is 0.374 e. The van der Waals surface area contributed by atoms with E-state index in [1.807, 2.05) is 6.92 Å². The fourth-order valence-electron chi connectivity index (χ4n) is 1.31. The summed E-state index contributed by atoms with van der Waals surface area (Å²) in [6, 6.07) is 0. The van der Waals surface area contributed by atoms with Crippen LogP contribution >= 0.6 is 0 Å². The van der Waals surface area contributed by atoms with Gasteiger partial charge < -0.3 is 9.47 Å². The van der Waals surface area contributed by atoms with E-state index in [1.54, 1.807) is 0 Å². The molecule has 0 saturated heterocycles. The van der Waals surface area contributed by atoms with Crippen LogP contribution in [-0.2, 0) is 14.3 Å². The molecule has 3 heteroatoms. The Morgan fingerprint density at radius 3 is 2.62 bits per heavy atom. The molecule has 0 bridgehead atoms. The predicted molar refractivity (Wildman–Crippen MR) is 49.6 cm³/mol. The number of rotatable bonds is 5. The van der Waals surface area contributed by atoms with Crippen LogP contribution < -0.4 is 0 Å². The summed E-state index contributed by atoms with van der Waals surface area (Å²) in [4.78, 5) is 11.1. The van der Waals surface area contributed by atoms with E-state index in [4.69, 9.17) is 9.47 Å². The van der Waals surface area contributed by atoms with Crippen molar-refractivity contribution >= 4 is 5.78 Å². The number of carbonyl (C=O) groups excluding carboxylic acids is 1. The van der Waals surface area contributed by atoms with Crippen LogP contribution in [-0.4, -0.2) is 31.2 Å². The fourth-order valence-corrected chi connectivity index (χ4v) is 1.31. The third-order valence-corrected chi connectivity index (χ3v) is 2.05. The number of hydrogen-bond donors (Lipinski definition) is 0. The average Bonchev–Trinajstić information content (AvgIpc) is 2.07. The second-order valence-electron chi connectivity index (χ2n) is 3.81. The first-order chi connectivity index (χ1) is 6.15. The number of ketones is 1. The van der Waals surface area contributed by atoms with Gasteiger partial charge in [-0.25, -0.2) is 0 Å². The lowest BCUT2D eigenvalue weighted by atomic mass is 9.90. The lowest BCUT2D eigenvalue weighted by Crippen LogP contribution is -2.50. The third kappa shape index (κ3) is 2.78. The van der Waals surface area contributed by atoms with Crippen molar-refractivity contribution in [3.63, 3.8) is 0 Å². The van der Waals surface area contributed by atoms with E-state index >= 15 is 0 Å². The van der Waals surface area contributed by atoms with E-state index in [9.17, 15) is 4.79 Å². The van der Waals surface area contributed by atoms with Gasteiger partial charge in [0.15, 0.2) is 5.78 Å². The predicted octanol–water partition coefficient (Wildman–Crippen LogP) is 1.41. The summed E-state index contributed by atoms with van der Waals surface area (Å²) in [5, 5.41) is 0. The molecule has 2 unspecified atom stereocenters. The highest BCUT2D eigenvalue weighted by molar-refractivity contribution is 5.90. The van der Waals surface area contributed by atoms with Crippen molar-refractivity contribution in [1.29, 1.82) is 0 Å². The van der Waals surface area contributed by atoms with E-state index in [2.05, 4.69) is 13.8 Å². The lowest BCUT2D eigenvalue weighted by Gasteiger charge is -2.34. The van der Waals surface area contributed by atoms with Crippen LogP contribution in [0.5, 0.6) is 0 Å². The maximum absolute atomic E-state index is 11.1. The van der Waals surface area contributed by atoms with Gasteiger partial charge in [0.25, 0.3) is 0 Å². The Kier molecular flexibility index (Phi) is 3.88. The third-order valence-electron chi connectivity index (χ3n) is 2.05. The molecule has 2 atom stereocenters. The van der Waals surface area contributed by atoms with E-state index in [1.165, 1.54) is 0 Å². The molecule has 0 amide bonds. The fraction of sp³-hybridized carbons (Fsp3) is 0.900. The number of ether oxygens (including phenoxy) is 2. The van der Waals surface area contributed by atoms with Crippen LogP contribution in [0.25, 0.3) is 0 Å². The van der Waals surface area contributed by atoms with Crippen LogP contribution in [0, 0.1) is 5.92 Å². The lowest BCUT2D eigenvalue weighted by molar-refractivity contribution is -0.166. The number of hydrogen-bond acceptors (Lipinski definition) is 3. The van der Waals surface area contributed by atoms with E-state index in [0.717, 1.165) is 0 Å². The average molecular weight is 186 g/mol. The van der Waals surface area contributed by atoms with Crippen molar-refractivity contribution in [3.05, 3.63) is 0 Å². The van der Waals surface area contributed by atoms with Crippen LogP contribution in [0.15, 0.2) is 0 Å². The minimum absolute atomic E-state index is 0.00912. The summed E-state index contributed by atoms with van der Waals surface area (Å²) in [7, 11) is 0. The van der Waals surface area contributed by atoms with E-state index < -0.39 is 0 Å². The Morgan fingerprint density at radius 2 is 2.15 bits per heavy atom. The quantitative estimate of drug-likeness (QED) is 0.651. The Balaban J connectivity index is 2.23. The van der Waals surface area contributed by atoms with Crippen LogP contribution in [0.3, 0.4) is 0 Å². The molecule has 0 aromatic rings. The van der Waals surface area contributed by atoms with Crippen molar-refractivity contribution in [2.24, 2.45) is 5.92 Å². The molecular weight excluding hydrogens is 168 g/mol. The zero-order valence-electron chi connectivity index (χ0n) is 8.58. The van der Waals surface area contributed by atoms with Gasteiger partial charge in [-0.1, -0.05) is 13.8 Å². The Bertz CT molecular complexity index is 177. The summed E-state index contributed by atoms with van der Waals surface area (Å²) >= 11 is 0. The Hall–Kier alpha value is -0.410. The molecular formula is C10H18O3. The molecule has 1 saturated carbocycles. The van der Waals surface area contributed by atoms with Gasteiger partial charge in [-0.05, 0) is 12.8 Å². The molecule has 13 heavy (non-hydrogen) atoms. The van der Waals surface area contributed by atoms with Crippen LogP contribution in [0.2, 0.25) is 0 Å². The van der Waals surface area contributed by atoms with Gasteiger partial charge in [0.1, 0.15) is 6.10 Å². The molecule has 76 valence electrons. The molecule has 3 nitrogen and oxygen atoms in total. The van der Waals surface area contributed by atoms with Gasteiger partial charge in [0.2, 0.25) is 0 Å². The molecule has 0 aromatic carbocycles. The molecule has 0 aromatic heterocycles. The summed E-state index contributed by atoms with van der Waals surface area (Å²) in [5.74, 6) is 0.689. The maximum atomic E-state index is 11.1. The first-order valence-corrected chi connectivity index (χ1v) is 4.91.